The molecule has 0 aliphatic carbocycles. The Bertz CT molecular complexity index is 767. The van der Waals surface area contributed by atoms with Gasteiger partial charge in [0, 0.05) is 24.2 Å². The van der Waals surface area contributed by atoms with Gasteiger partial charge in [0.15, 0.2) is 11.5 Å². The molecule has 3 rings (SSSR count). The van der Waals surface area contributed by atoms with E-state index in [1.54, 1.807) is 0 Å². The van der Waals surface area contributed by atoms with E-state index in [0.29, 0.717) is 0 Å². The van der Waals surface area contributed by atoms with E-state index in [0.717, 1.165) is 11.4 Å². The van der Waals surface area contributed by atoms with Crippen LogP contribution in [0.3, 0.4) is 0 Å². The smallest absolute Gasteiger partial charge is 0.262 e. The molecule has 0 unspecified atom stereocenters. The van der Waals surface area contributed by atoms with Crippen LogP contribution in [-0.4, -0.2) is 34.6 Å². The fraction of sp³-hybridized carbons (Fsp3) is 0.412. The molecule has 0 bridgehead atoms. The SMILES string of the molecule is Cc1cc(C)n(-c2ccc(NC(=O)C3(F)CCOCC3)cc2F)n1. The van der Waals surface area contributed by atoms with Crippen LogP contribution >= 0.6 is 0 Å². The summed E-state index contributed by atoms with van der Waals surface area (Å²) in [6.45, 7) is 4.06. The zero-order valence-corrected chi connectivity index (χ0v) is 13.6. The van der Waals surface area contributed by atoms with Crippen LogP contribution in [-0.2, 0) is 9.53 Å². The van der Waals surface area contributed by atoms with Gasteiger partial charge in [-0.1, -0.05) is 0 Å². The molecule has 0 saturated carbocycles. The van der Waals surface area contributed by atoms with Crippen molar-refractivity contribution in [2.75, 3.05) is 18.5 Å². The van der Waals surface area contributed by atoms with Gasteiger partial charge in [0.1, 0.15) is 5.69 Å². The largest absolute Gasteiger partial charge is 0.381 e. The minimum absolute atomic E-state index is 0.00512. The summed E-state index contributed by atoms with van der Waals surface area (Å²) in [7, 11) is 0. The molecule has 1 N–H and O–H groups in total. The maximum atomic E-state index is 14.6. The second kappa shape index (κ2) is 6.32. The highest BCUT2D eigenvalue weighted by atomic mass is 19.1. The molecule has 1 aliphatic rings. The zero-order valence-electron chi connectivity index (χ0n) is 13.6. The van der Waals surface area contributed by atoms with E-state index in [9.17, 15) is 13.6 Å². The molecule has 128 valence electrons. The minimum atomic E-state index is -1.97. The molecular weight excluding hydrogens is 316 g/mol. The van der Waals surface area contributed by atoms with Crippen molar-refractivity contribution < 1.29 is 18.3 Å². The van der Waals surface area contributed by atoms with Gasteiger partial charge in [-0.05, 0) is 38.1 Å². The lowest BCUT2D eigenvalue weighted by molar-refractivity contribution is -0.133. The number of benzene rings is 1. The molecule has 7 heteroatoms. The Morgan fingerprint density at radius 3 is 2.58 bits per heavy atom. The molecule has 1 aromatic carbocycles. The van der Waals surface area contributed by atoms with E-state index in [1.807, 2.05) is 19.9 Å². The zero-order chi connectivity index (χ0) is 17.3. The molecule has 5 nitrogen and oxygen atoms in total. The summed E-state index contributed by atoms with van der Waals surface area (Å²) in [4.78, 5) is 12.1. The number of nitrogens with zero attached hydrogens (tertiary/aromatic N) is 2. The molecule has 0 spiro atoms. The molecular formula is C17H19F2N3O2. The summed E-state index contributed by atoms with van der Waals surface area (Å²) in [5.41, 5.74) is 0.102. The number of anilines is 1. The maximum Gasteiger partial charge on any atom is 0.262 e. The summed E-state index contributed by atoms with van der Waals surface area (Å²) in [5, 5.41) is 6.68. The van der Waals surface area contributed by atoms with E-state index >= 15 is 0 Å². The topological polar surface area (TPSA) is 56.2 Å². The Morgan fingerprint density at radius 2 is 2.00 bits per heavy atom. The number of aryl methyl sites for hydroxylation is 2. The van der Waals surface area contributed by atoms with Crippen molar-refractivity contribution in [1.29, 1.82) is 0 Å². The van der Waals surface area contributed by atoms with E-state index in [1.165, 1.54) is 22.9 Å². The van der Waals surface area contributed by atoms with Crippen molar-refractivity contribution in [1.82, 2.24) is 9.78 Å². The van der Waals surface area contributed by atoms with Crippen LogP contribution in [0.2, 0.25) is 0 Å². The van der Waals surface area contributed by atoms with Crippen molar-refractivity contribution in [2.45, 2.75) is 32.4 Å². The van der Waals surface area contributed by atoms with Gasteiger partial charge in [-0.3, -0.25) is 4.79 Å². The Labute approximate surface area is 138 Å². The Hall–Kier alpha value is -2.28. The lowest BCUT2D eigenvalue weighted by Crippen LogP contribution is -2.43. The van der Waals surface area contributed by atoms with Crippen LogP contribution in [0.1, 0.15) is 24.2 Å². The van der Waals surface area contributed by atoms with Crippen LogP contribution in [0.5, 0.6) is 0 Å². The molecule has 2 aromatic rings. The normalized spacial score (nSPS) is 16.8. The van der Waals surface area contributed by atoms with Gasteiger partial charge in [-0.25, -0.2) is 13.5 Å². The number of carbonyl (C=O) groups excluding carboxylic acids is 1. The predicted octanol–water partition coefficient (Wildman–Crippen LogP) is 3.09. The highest BCUT2D eigenvalue weighted by molar-refractivity contribution is 5.97. The van der Waals surface area contributed by atoms with Crippen molar-refractivity contribution >= 4 is 11.6 Å². The first-order valence-electron chi connectivity index (χ1n) is 7.80. The number of aromatic nitrogens is 2. The van der Waals surface area contributed by atoms with Gasteiger partial charge in [-0.2, -0.15) is 5.10 Å². The third-order valence-electron chi connectivity index (χ3n) is 4.14. The van der Waals surface area contributed by atoms with Gasteiger partial charge < -0.3 is 10.1 Å². The molecule has 1 amide bonds. The number of carbonyl (C=O) groups is 1. The first-order chi connectivity index (χ1) is 11.4. The fourth-order valence-corrected chi connectivity index (χ4v) is 2.79. The van der Waals surface area contributed by atoms with E-state index in [-0.39, 0.29) is 37.4 Å². The number of nitrogens with one attached hydrogen (secondary N) is 1. The van der Waals surface area contributed by atoms with Gasteiger partial charge in [-0.15, -0.1) is 0 Å². The monoisotopic (exact) mass is 335 g/mol. The molecule has 0 atom stereocenters. The van der Waals surface area contributed by atoms with Crippen molar-refractivity contribution in [3.63, 3.8) is 0 Å². The highest BCUT2D eigenvalue weighted by Crippen LogP contribution is 2.28. The van der Waals surface area contributed by atoms with Crippen LogP contribution < -0.4 is 5.32 Å². The summed E-state index contributed by atoms with van der Waals surface area (Å²) < 4.78 is 35.5. The second-order valence-corrected chi connectivity index (χ2v) is 6.04. The summed E-state index contributed by atoms with van der Waals surface area (Å²) in [6, 6.07) is 6.06. The van der Waals surface area contributed by atoms with Crippen molar-refractivity contribution in [3.8, 4) is 5.69 Å². The predicted molar refractivity (Wildman–Crippen MR) is 85.5 cm³/mol. The van der Waals surface area contributed by atoms with E-state index < -0.39 is 17.4 Å². The van der Waals surface area contributed by atoms with Gasteiger partial charge in [0.2, 0.25) is 0 Å². The summed E-state index contributed by atoms with van der Waals surface area (Å²) in [5.74, 6) is -1.30. The van der Waals surface area contributed by atoms with E-state index in [4.69, 9.17) is 4.74 Å². The quantitative estimate of drug-likeness (QED) is 0.938. The summed E-state index contributed by atoms with van der Waals surface area (Å²) in [6.07, 6.45) is 0.0102. The molecule has 1 saturated heterocycles. The second-order valence-electron chi connectivity index (χ2n) is 6.04. The van der Waals surface area contributed by atoms with E-state index in [2.05, 4.69) is 10.4 Å². The number of ether oxygens (including phenoxy) is 1. The number of alkyl halides is 1. The Kier molecular flexibility index (Phi) is 4.36. The molecule has 0 radical (unpaired) electrons. The first-order valence-corrected chi connectivity index (χ1v) is 7.80. The maximum absolute atomic E-state index is 14.6. The van der Waals surface area contributed by atoms with Crippen LogP contribution in [0.25, 0.3) is 5.69 Å². The third kappa shape index (κ3) is 3.17. The highest BCUT2D eigenvalue weighted by Gasteiger charge is 2.40. The van der Waals surface area contributed by atoms with Crippen LogP contribution in [0, 0.1) is 19.7 Å². The van der Waals surface area contributed by atoms with Gasteiger partial charge in [0.25, 0.3) is 5.91 Å². The molecule has 24 heavy (non-hydrogen) atoms. The van der Waals surface area contributed by atoms with Crippen LogP contribution in [0.4, 0.5) is 14.5 Å². The lowest BCUT2D eigenvalue weighted by Gasteiger charge is -2.28. The molecule has 2 heterocycles. The molecule has 1 aromatic heterocycles. The number of hydrogen-bond acceptors (Lipinski definition) is 3. The Balaban J connectivity index is 1.80. The molecule has 1 fully saturated rings. The number of amides is 1. The average Bonchev–Trinajstić information content (AvgIpc) is 2.86. The fourth-order valence-electron chi connectivity index (χ4n) is 2.79. The van der Waals surface area contributed by atoms with Crippen LogP contribution in [0.15, 0.2) is 24.3 Å². The third-order valence-corrected chi connectivity index (χ3v) is 4.14. The average molecular weight is 335 g/mol. The standard InChI is InChI=1S/C17H19F2N3O2/c1-11-9-12(2)22(21-11)15-4-3-13(10-14(15)18)20-16(23)17(19)5-7-24-8-6-17/h3-4,9-10H,5-8H2,1-2H3,(H,20,23). The number of halogens is 2. The van der Waals surface area contributed by atoms with Crippen molar-refractivity contribution in [3.05, 3.63) is 41.5 Å². The van der Waals surface area contributed by atoms with Gasteiger partial charge >= 0.3 is 0 Å². The minimum Gasteiger partial charge on any atom is -0.381 e. The van der Waals surface area contributed by atoms with Crippen molar-refractivity contribution in [2.24, 2.45) is 0 Å². The summed E-state index contributed by atoms with van der Waals surface area (Å²) >= 11 is 0. The molecule has 1 aliphatic heterocycles. The Morgan fingerprint density at radius 1 is 1.29 bits per heavy atom. The lowest BCUT2D eigenvalue weighted by atomic mass is 9.95. The number of hydrogen-bond donors (Lipinski definition) is 1. The first kappa shape index (κ1) is 16.6. The number of rotatable bonds is 3. The van der Waals surface area contributed by atoms with Gasteiger partial charge in [0.05, 0.1) is 18.9 Å².